The Morgan fingerprint density at radius 2 is 2.03 bits per heavy atom. The average molecular weight is 417 g/mol. The zero-order valence-corrected chi connectivity index (χ0v) is 17.5. The topological polar surface area (TPSA) is 105 Å². The molecule has 8 nitrogen and oxygen atoms in total. The van der Waals surface area contributed by atoms with Crippen LogP contribution in [0.5, 0.6) is 0 Å². The van der Waals surface area contributed by atoms with E-state index < -0.39 is 10.0 Å². The highest BCUT2D eigenvalue weighted by atomic mass is 32.2. The molecule has 3 atom stereocenters. The number of rotatable bonds is 5. The summed E-state index contributed by atoms with van der Waals surface area (Å²) in [5.74, 6) is 1.96. The zero-order valence-electron chi connectivity index (χ0n) is 16.7. The van der Waals surface area contributed by atoms with Crippen molar-refractivity contribution in [3.63, 3.8) is 0 Å². The molecule has 2 N–H and O–H groups in total. The summed E-state index contributed by atoms with van der Waals surface area (Å²) < 4.78 is 30.6. The van der Waals surface area contributed by atoms with E-state index in [2.05, 4.69) is 36.2 Å². The average Bonchev–Trinajstić information content (AvgIpc) is 3.38. The van der Waals surface area contributed by atoms with Crippen LogP contribution in [-0.4, -0.2) is 44.8 Å². The summed E-state index contributed by atoms with van der Waals surface area (Å²) in [5, 5.41) is 8.77. The molecule has 3 aromatic rings. The van der Waals surface area contributed by atoms with Crippen LogP contribution in [0.25, 0.3) is 16.8 Å². The molecule has 2 aliphatic carbocycles. The zero-order chi connectivity index (χ0) is 20.0. The van der Waals surface area contributed by atoms with Gasteiger partial charge in [-0.15, -0.1) is 10.2 Å². The van der Waals surface area contributed by atoms with Crippen molar-refractivity contribution in [1.29, 1.82) is 0 Å². The quantitative estimate of drug-likeness (QED) is 0.665. The van der Waals surface area contributed by atoms with Gasteiger partial charge in [0.05, 0.1) is 17.5 Å². The number of fused-ring (bicyclic) bond motifs is 3. The number of hydrogen-bond acceptors (Lipinski definition) is 5. The molecule has 0 radical (unpaired) electrons. The maximum atomic E-state index is 12.8. The van der Waals surface area contributed by atoms with Crippen LogP contribution >= 0.6 is 0 Å². The van der Waals surface area contributed by atoms with Crippen molar-refractivity contribution in [1.82, 2.24) is 29.3 Å². The molecule has 9 heteroatoms. The van der Waals surface area contributed by atoms with E-state index in [0.717, 1.165) is 61.2 Å². The second kappa shape index (κ2) is 7.36. The van der Waals surface area contributed by atoms with Crippen molar-refractivity contribution in [2.24, 2.45) is 11.8 Å². The van der Waals surface area contributed by atoms with Crippen molar-refractivity contribution in [3.8, 4) is 0 Å². The van der Waals surface area contributed by atoms with E-state index in [1.54, 1.807) is 6.20 Å². The third kappa shape index (κ3) is 3.66. The van der Waals surface area contributed by atoms with Crippen LogP contribution in [0.1, 0.15) is 63.6 Å². The Hall–Kier alpha value is -2.00. The SMILES string of the molecule is C[C@@H]1CC(NS(=O)(=O)CC2CCCCC2)C[C@@H]1c1nnc2cnc3[nH]ccc3n12. The van der Waals surface area contributed by atoms with Gasteiger partial charge in [0.25, 0.3) is 0 Å². The molecular formula is C20H28N6O2S. The highest BCUT2D eigenvalue weighted by Gasteiger charge is 2.37. The van der Waals surface area contributed by atoms with Crippen LogP contribution in [0.15, 0.2) is 18.5 Å². The van der Waals surface area contributed by atoms with Gasteiger partial charge >= 0.3 is 0 Å². The van der Waals surface area contributed by atoms with Gasteiger partial charge in [0, 0.05) is 18.2 Å². The molecule has 5 rings (SSSR count). The monoisotopic (exact) mass is 416 g/mol. The van der Waals surface area contributed by atoms with Crippen LogP contribution in [0.3, 0.4) is 0 Å². The van der Waals surface area contributed by atoms with Gasteiger partial charge in [0.15, 0.2) is 11.3 Å². The lowest BCUT2D eigenvalue weighted by Gasteiger charge is -2.22. The molecule has 2 saturated carbocycles. The predicted molar refractivity (Wildman–Crippen MR) is 111 cm³/mol. The number of nitrogens with zero attached hydrogens (tertiary/aromatic N) is 4. The van der Waals surface area contributed by atoms with E-state index in [9.17, 15) is 8.42 Å². The first-order valence-electron chi connectivity index (χ1n) is 10.7. The first-order chi connectivity index (χ1) is 14.0. The molecule has 3 aromatic heterocycles. The molecular weight excluding hydrogens is 388 g/mol. The smallest absolute Gasteiger partial charge is 0.212 e. The number of aromatic nitrogens is 5. The largest absolute Gasteiger partial charge is 0.345 e. The maximum Gasteiger partial charge on any atom is 0.212 e. The lowest BCUT2D eigenvalue weighted by molar-refractivity contribution is 0.383. The Bertz CT molecular complexity index is 1110. The van der Waals surface area contributed by atoms with Gasteiger partial charge < -0.3 is 4.98 Å². The van der Waals surface area contributed by atoms with E-state index >= 15 is 0 Å². The minimum atomic E-state index is -3.26. The second-order valence-corrected chi connectivity index (χ2v) is 10.7. The first-order valence-corrected chi connectivity index (χ1v) is 12.3. The summed E-state index contributed by atoms with van der Waals surface area (Å²) in [5.41, 5.74) is 2.48. The van der Waals surface area contributed by atoms with Crippen LogP contribution in [0, 0.1) is 11.8 Å². The number of sulfonamides is 1. The standard InChI is InChI=1S/C20H28N6O2S/c1-13-9-15(25-29(27,28)12-14-5-3-2-4-6-14)10-16(13)20-24-23-18-11-22-19-17(26(18)20)7-8-21-19/h7-8,11,13-16,21,25H,2-6,9-10,12H2,1H3/t13-,15?,16+/m1/s1. The van der Waals surface area contributed by atoms with Crippen LogP contribution in [0.2, 0.25) is 0 Å². The molecule has 2 fully saturated rings. The highest BCUT2D eigenvalue weighted by Crippen LogP contribution is 2.39. The molecule has 0 amide bonds. The minimum Gasteiger partial charge on any atom is -0.345 e. The molecule has 2 aliphatic rings. The fourth-order valence-electron chi connectivity index (χ4n) is 5.31. The Labute approximate surface area is 170 Å². The third-order valence-electron chi connectivity index (χ3n) is 6.71. The van der Waals surface area contributed by atoms with Crippen molar-refractivity contribution in [2.75, 3.05) is 5.75 Å². The third-order valence-corrected chi connectivity index (χ3v) is 8.31. The highest BCUT2D eigenvalue weighted by molar-refractivity contribution is 7.89. The summed E-state index contributed by atoms with van der Waals surface area (Å²) >= 11 is 0. The fraction of sp³-hybridized carbons (Fsp3) is 0.650. The number of nitrogens with one attached hydrogen (secondary N) is 2. The summed E-state index contributed by atoms with van der Waals surface area (Å²) in [4.78, 5) is 7.51. The molecule has 3 heterocycles. The van der Waals surface area contributed by atoms with Crippen molar-refractivity contribution in [2.45, 2.75) is 63.8 Å². The Balaban J connectivity index is 1.35. The summed E-state index contributed by atoms with van der Waals surface area (Å²) in [6.07, 6.45) is 10.8. The molecule has 0 aromatic carbocycles. The van der Waals surface area contributed by atoms with Crippen molar-refractivity contribution < 1.29 is 8.42 Å². The van der Waals surface area contributed by atoms with Crippen molar-refractivity contribution >= 4 is 26.8 Å². The molecule has 156 valence electrons. The van der Waals surface area contributed by atoms with Crippen molar-refractivity contribution in [3.05, 3.63) is 24.3 Å². The van der Waals surface area contributed by atoms with E-state index in [-0.39, 0.29) is 17.7 Å². The Morgan fingerprint density at radius 3 is 2.86 bits per heavy atom. The first kappa shape index (κ1) is 19.0. The van der Waals surface area contributed by atoms with Crippen LogP contribution in [0.4, 0.5) is 0 Å². The molecule has 0 bridgehead atoms. The lowest BCUT2D eigenvalue weighted by Crippen LogP contribution is -2.37. The van der Waals surface area contributed by atoms with E-state index in [0.29, 0.717) is 11.8 Å². The molecule has 0 spiro atoms. The fourth-order valence-corrected chi connectivity index (χ4v) is 7.06. The van der Waals surface area contributed by atoms with Crippen LogP contribution in [-0.2, 0) is 10.0 Å². The Morgan fingerprint density at radius 1 is 1.21 bits per heavy atom. The van der Waals surface area contributed by atoms with Gasteiger partial charge in [-0.25, -0.2) is 18.1 Å². The number of hydrogen-bond donors (Lipinski definition) is 2. The summed E-state index contributed by atoms with van der Waals surface area (Å²) in [6, 6.07) is 1.94. The Kier molecular flexibility index (Phi) is 4.82. The summed E-state index contributed by atoms with van der Waals surface area (Å²) in [7, 11) is -3.26. The maximum absolute atomic E-state index is 12.8. The minimum absolute atomic E-state index is 0.0421. The molecule has 1 unspecified atom stereocenters. The molecule has 0 aliphatic heterocycles. The number of H-pyrrole nitrogens is 1. The van der Waals surface area contributed by atoms with E-state index in [1.165, 1.54) is 6.42 Å². The van der Waals surface area contributed by atoms with Gasteiger partial charge in [0.2, 0.25) is 10.0 Å². The number of aromatic amines is 1. The van der Waals surface area contributed by atoms with Gasteiger partial charge in [-0.05, 0) is 43.6 Å². The van der Waals surface area contributed by atoms with E-state index in [4.69, 9.17) is 0 Å². The molecule has 29 heavy (non-hydrogen) atoms. The lowest BCUT2D eigenvalue weighted by atomic mass is 9.91. The normalized spacial score (nSPS) is 26.6. The van der Waals surface area contributed by atoms with Gasteiger partial charge in [-0.2, -0.15) is 0 Å². The van der Waals surface area contributed by atoms with Gasteiger partial charge in [-0.3, -0.25) is 4.40 Å². The second-order valence-electron chi connectivity index (χ2n) is 8.88. The van der Waals surface area contributed by atoms with Crippen LogP contribution < -0.4 is 4.72 Å². The summed E-state index contributed by atoms with van der Waals surface area (Å²) in [6.45, 7) is 2.18. The van der Waals surface area contributed by atoms with Gasteiger partial charge in [0.1, 0.15) is 5.82 Å². The predicted octanol–water partition coefficient (Wildman–Crippen LogP) is 2.99. The van der Waals surface area contributed by atoms with Gasteiger partial charge in [-0.1, -0.05) is 26.2 Å². The molecule has 0 saturated heterocycles. The van der Waals surface area contributed by atoms with E-state index in [1.807, 2.05) is 12.3 Å².